The summed E-state index contributed by atoms with van der Waals surface area (Å²) in [7, 11) is 0. The van der Waals surface area contributed by atoms with E-state index < -0.39 is 5.97 Å². The Balaban J connectivity index is 2.14. The Hall–Kier alpha value is -2.88. The van der Waals surface area contributed by atoms with Crippen LogP contribution in [0.3, 0.4) is 0 Å². The maximum Gasteiger partial charge on any atom is 0.359 e. The number of esters is 1. The average molecular weight is 306 g/mol. The number of rotatable bonds is 4. The van der Waals surface area contributed by atoms with Crippen LogP contribution < -0.4 is 0 Å². The second-order valence-electron chi connectivity index (χ2n) is 5.21. The molecular formula is C19H18N2O2. The fourth-order valence-electron chi connectivity index (χ4n) is 2.50. The van der Waals surface area contributed by atoms with Crippen molar-refractivity contribution in [2.24, 2.45) is 0 Å². The number of hydrogen-bond donors (Lipinski definition) is 0. The van der Waals surface area contributed by atoms with E-state index in [-0.39, 0.29) is 0 Å². The van der Waals surface area contributed by atoms with E-state index in [2.05, 4.69) is 5.10 Å². The number of carbonyl (C=O) groups is 1. The van der Waals surface area contributed by atoms with Gasteiger partial charge in [-0.05, 0) is 31.0 Å². The molecule has 3 aromatic rings. The Morgan fingerprint density at radius 2 is 1.78 bits per heavy atom. The Bertz CT molecular complexity index is 822. The third-order valence-corrected chi connectivity index (χ3v) is 3.63. The van der Waals surface area contributed by atoms with Gasteiger partial charge in [0.1, 0.15) is 0 Å². The molecule has 0 atom stereocenters. The highest BCUT2D eigenvalue weighted by Crippen LogP contribution is 2.25. The number of benzene rings is 2. The van der Waals surface area contributed by atoms with Gasteiger partial charge in [-0.1, -0.05) is 48.5 Å². The Kier molecular flexibility index (Phi) is 4.24. The van der Waals surface area contributed by atoms with Crippen molar-refractivity contribution >= 4 is 5.97 Å². The van der Waals surface area contributed by atoms with Gasteiger partial charge in [-0.2, -0.15) is 5.10 Å². The molecule has 3 rings (SSSR count). The SMILES string of the molecule is CCOC(=O)c1nn(-c2ccccc2C)cc1-c1ccccc1. The molecule has 0 spiro atoms. The molecule has 0 saturated carbocycles. The van der Waals surface area contributed by atoms with E-state index in [9.17, 15) is 4.79 Å². The number of para-hydroxylation sites is 1. The Labute approximate surface area is 135 Å². The molecule has 0 fully saturated rings. The summed E-state index contributed by atoms with van der Waals surface area (Å²) < 4.78 is 6.89. The molecule has 0 N–H and O–H groups in total. The summed E-state index contributed by atoms with van der Waals surface area (Å²) in [6.07, 6.45) is 1.88. The number of hydrogen-bond acceptors (Lipinski definition) is 3. The molecule has 0 saturated heterocycles. The number of nitrogens with zero attached hydrogens (tertiary/aromatic N) is 2. The second kappa shape index (κ2) is 6.48. The van der Waals surface area contributed by atoms with Crippen LogP contribution in [0.4, 0.5) is 0 Å². The second-order valence-corrected chi connectivity index (χ2v) is 5.21. The monoisotopic (exact) mass is 306 g/mol. The summed E-state index contributed by atoms with van der Waals surface area (Å²) in [5.74, 6) is -0.404. The molecule has 4 nitrogen and oxygen atoms in total. The quantitative estimate of drug-likeness (QED) is 0.684. The largest absolute Gasteiger partial charge is 0.461 e. The maximum absolute atomic E-state index is 12.3. The molecule has 23 heavy (non-hydrogen) atoms. The first kappa shape index (κ1) is 15.0. The van der Waals surface area contributed by atoms with E-state index in [1.807, 2.05) is 67.7 Å². The lowest BCUT2D eigenvalue weighted by Crippen LogP contribution is -2.08. The van der Waals surface area contributed by atoms with Crippen LogP contribution in [0.25, 0.3) is 16.8 Å². The molecule has 0 aliphatic carbocycles. The molecule has 0 aliphatic rings. The summed E-state index contributed by atoms with van der Waals surface area (Å²) in [5.41, 5.74) is 4.08. The van der Waals surface area contributed by atoms with E-state index in [1.165, 1.54) is 0 Å². The van der Waals surface area contributed by atoms with Gasteiger partial charge in [-0.3, -0.25) is 0 Å². The molecule has 0 radical (unpaired) electrons. The fraction of sp³-hybridized carbons (Fsp3) is 0.158. The van der Waals surface area contributed by atoms with Crippen LogP contribution in [0.5, 0.6) is 0 Å². The van der Waals surface area contributed by atoms with Gasteiger partial charge in [0, 0.05) is 11.8 Å². The van der Waals surface area contributed by atoms with Crippen LogP contribution in [0.2, 0.25) is 0 Å². The van der Waals surface area contributed by atoms with Gasteiger partial charge in [-0.15, -0.1) is 0 Å². The van der Waals surface area contributed by atoms with Crippen LogP contribution >= 0.6 is 0 Å². The number of aryl methyl sites for hydroxylation is 1. The van der Waals surface area contributed by atoms with Crippen LogP contribution in [-0.2, 0) is 4.74 Å². The highest BCUT2D eigenvalue weighted by Gasteiger charge is 2.20. The maximum atomic E-state index is 12.3. The van der Waals surface area contributed by atoms with E-state index in [0.717, 1.165) is 22.4 Å². The topological polar surface area (TPSA) is 44.1 Å². The molecule has 0 aliphatic heterocycles. The van der Waals surface area contributed by atoms with Gasteiger partial charge in [0.2, 0.25) is 0 Å². The Morgan fingerprint density at radius 3 is 2.48 bits per heavy atom. The normalized spacial score (nSPS) is 10.5. The Morgan fingerprint density at radius 1 is 1.09 bits per heavy atom. The number of ether oxygens (including phenoxy) is 1. The minimum Gasteiger partial charge on any atom is -0.461 e. The smallest absolute Gasteiger partial charge is 0.359 e. The zero-order valence-corrected chi connectivity index (χ0v) is 13.2. The lowest BCUT2D eigenvalue weighted by molar-refractivity contribution is 0.0520. The fourth-order valence-corrected chi connectivity index (χ4v) is 2.50. The van der Waals surface area contributed by atoms with Crippen molar-refractivity contribution in [1.29, 1.82) is 0 Å². The molecule has 2 aromatic carbocycles. The van der Waals surface area contributed by atoms with Gasteiger partial charge in [0.25, 0.3) is 0 Å². The molecular weight excluding hydrogens is 288 g/mol. The van der Waals surface area contributed by atoms with Crippen molar-refractivity contribution < 1.29 is 9.53 Å². The van der Waals surface area contributed by atoms with Crippen molar-refractivity contribution in [3.8, 4) is 16.8 Å². The van der Waals surface area contributed by atoms with E-state index in [1.54, 1.807) is 11.6 Å². The first-order chi connectivity index (χ1) is 11.2. The zero-order chi connectivity index (χ0) is 16.2. The van der Waals surface area contributed by atoms with Crippen LogP contribution in [0.1, 0.15) is 23.0 Å². The minimum absolute atomic E-state index is 0.324. The standard InChI is InChI=1S/C19H18N2O2/c1-3-23-19(22)18-16(15-10-5-4-6-11-15)13-21(20-18)17-12-8-7-9-14(17)2/h4-13H,3H2,1-2H3. The summed E-state index contributed by atoms with van der Waals surface area (Å²) in [5, 5.41) is 4.48. The lowest BCUT2D eigenvalue weighted by atomic mass is 10.1. The van der Waals surface area contributed by atoms with Crippen LogP contribution in [-0.4, -0.2) is 22.4 Å². The van der Waals surface area contributed by atoms with Crippen LogP contribution in [0.15, 0.2) is 60.8 Å². The van der Waals surface area contributed by atoms with Gasteiger partial charge < -0.3 is 4.74 Å². The average Bonchev–Trinajstić information content (AvgIpc) is 3.01. The van der Waals surface area contributed by atoms with Gasteiger partial charge in [-0.25, -0.2) is 9.48 Å². The molecule has 1 heterocycles. The summed E-state index contributed by atoms with van der Waals surface area (Å²) in [6.45, 7) is 4.13. The highest BCUT2D eigenvalue weighted by atomic mass is 16.5. The van der Waals surface area contributed by atoms with E-state index in [4.69, 9.17) is 4.74 Å². The third-order valence-electron chi connectivity index (χ3n) is 3.63. The first-order valence-corrected chi connectivity index (χ1v) is 7.59. The lowest BCUT2D eigenvalue weighted by Gasteiger charge is -2.04. The van der Waals surface area contributed by atoms with Crippen molar-refractivity contribution in [2.75, 3.05) is 6.61 Å². The van der Waals surface area contributed by atoms with E-state index >= 15 is 0 Å². The first-order valence-electron chi connectivity index (χ1n) is 7.59. The van der Waals surface area contributed by atoms with Crippen molar-refractivity contribution in [3.63, 3.8) is 0 Å². The minimum atomic E-state index is -0.404. The molecule has 1 aromatic heterocycles. The number of aromatic nitrogens is 2. The van der Waals surface area contributed by atoms with Crippen molar-refractivity contribution in [2.45, 2.75) is 13.8 Å². The van der Waals surface area contributed by atoms with Crippen LogP contribution in [0, 0.1) is 6.92 Å². The van der Waals surface area contributed by atoms with Gasteiger partial charge >= 0.3 is 5.97 Å². The van der Waals surface area contributed by atoms with Gasteiger partial charge in [0.15, 0.2) is 5.69 Å². The van der Waals surface area contributed by atoms with E-state index in [0.29, 0.717) is 12.3 Å². The predicted molar refractivity (Wildman–Crippen MR) is 89.7 cm³/mol. The summed E-state index contributed by atoms with van der Waals surface area (Å²) in [4.78, 5) is 12.3. The summed E-state index contributed by atoms with van der Waals surface area (Å²) >= 11 is 0. The van der Waals surface area contributed by atoms with Crippen molar-refractivity contribution in [1.82, 2.24) is 9.78 Å². The van der Waals surface area contributed by atoms with Gasteiger partial charge in [0.05, 0.1) is 12.3 Å². The zero-order valence-electron chi connectivity index (χ0n) is 13.2. The molecule has 4 heteroatoms. The number of carbonyl (C=O) groups excluding carboxylic acids is 1. The molecule has 0 amide bonds. The molecule has 116 valence electrons. The third kappa shape index (κ3) is 3.01. The predicted octanol–water partition coefficient (Wildman–Crippen LogP) is 4.02. The summed E-state index contributed by atoms with van der Waals surface area (Å²) in [6, 6.07) is 17.7. The van der Waals surface area contributed by atoms with Crippen molar-refractivity contribution in [3.05, 3.63) is 72.1 Å². The molecule has 0 unspecified atom stereocenters. The highest BCUT2D eigenvalue weighted by molar-refractivity contribution is 5.95. The molecule has 0 bridgehead atoms.